The summed E-state index contributed by atoms with van der Waals surface area (Å²) in [5.74, 6) is 2.02. The number of nitrogens with one attached hydrogen (secondary N) is 1. The fraction of sp³-hybridized carbons (Fsp3) is 0.462. The molecule has 1 N–H and O–H groups in total. The van der Waals surface area contributed by atoms with Crippen molar-refractivity contribution in [2.45, 2.75) is 58.7 Å². The van der Waals surface area contributed by atoms with Crippen molar-refractivity contribution in [2.24, 2.45) is 0 Å². The first-order valence-electron chi connectivity index (χ1n) is 11.4. The third kappa shape index (κ3) is 8.33. The lowest BCUT2D eigenvalue weighted by Crippen LogP contribution is -2.50. The second-order valence-electron chi connectivity index (χ2n) is 8.08. The standard InChI is InChI=1S/C26H36N2O5/c1-6-24(26(30)27-19(2)3)28(18-20-9-11-21(31-4)12-10-20)25(29)8-7-17-33-23-15-13-22(32-5)14-16-23/h9-16,19,24H,6-8,17-18H2,1-5H3,(H,27,30)/t24-/m1/s1. The zero-order valence-electron chi connectivity index (χ0n) is 20.3. The van der Waals surface area contributed by atoms with Crippen molar-refractivity contribution in [2.75, 3.05) is 20.8 Å². The highest BCUT2D eigenvalue weighted by Crippen LogP contribution is 2.19. The maximum atomic E-state index is 13.2. The summed E-state index contributed by atoms with van der Waals surface area (Å²) in [7, 11) is 3.23. The zero-order valence-corrected chi connectivity index (χ0v) is 20.3. The quantitative estimate of drug-likeness (QED) is 0.457. The first kappa shape index (κ1) is 26.0. The molecular weight excluding hydrogens is 420 g/mol. The number of hydrogen-bond acceptors (Lipinski definition) is 5. The minimum Gasteiger partial charge on any atom is -0.497 e. The monoisotopic (exact) mass is 456 g/mol. The Labute approximate surface area is 197 Å². The summed E-state index contributed by atoms with van der Waals surface area (Å²) in [4.78, 5) is 27.7. The Morgan fingerprint density at radius 2 is 1.45 bits per heavy atom. The Hall–Kier alpha value is -3.22. The number of carbonyl (C=O) groups excluding carboxylic acids is 2. The Morgan fingerprint density at radius 3 is 1.97 bits per heavy atom. The van der Waals surface area contributed by atoms with E-state index >= 15 is 0 Å². The van der Waals surface area contributed by atoms with Gasteiger partial charge >= 0.3 is 0 Å². The van der Waals surface area contributed by atoms with Gasteiger partial charge in [0.2, 0.25) is 11.8 Å². The average molecular weight is 457 g/mol. The molecule has 0 radical (unpaired) electrons. The van der Waals surface area contributed by atoms with Crippen molar-refractivity contribution in [3.05, 3.63) is 54.1 Å². The second kappa shape index (κ2) is 13.4. The predicted octanol–water partition coefficient (Wildman–Crippen LogP) is 4.19. The van der Waals surface area contributed by atoms with Crippen molar-refractivity contribution >= 4 is 11.8 Å². The van der Waals surface area contributed by atoms with E-state index in [1.807, 2.05) is 69.3 Å². The molecule has 2 rings (SSSR count). The average Bonchev–Trinajstić information content (AvgIpc) is 2.82. The normalized spacial score (nSPS) is 11.6. The lowest BCUT2D eigenvalue weighted by Gasteiger charge is -2.31. The van der Waals surface area contributed by atoms with Crippen LogP contribution in [-0.2, 0) is 16.1 Å². The van der Waals surface area contributed by atoms with Gasteiger partial charge in [0.05, 0.1) is 20.8 Å². The fourth-order valence-electron chi connectivity index (χ4n) is 3.46. The number of carbonyl (C=O) groups is 2. The molecule has 1 atom stereocenters. The van der Waals surface area contributed by atoms with Gasteiger partial charge in [-0.25, -0.2) is 0 Å². The summed E-state index contributed by atoms with van der Waals surface area (Å²) in [6.07, 6.45) is 1.37. The molecule has 0 fully saturated rings. The molecule has 0 unspecified atom stereocenters. The van der Waals surface area contributed by atoms with Crippen LogP contribution in [-0.4, -0.2) is 49.6 Å². The zero-order chi connectivity index (χ0) is 24.2. The Kier molecular flexibility index (Phi) is 10.5. The van der Waals surface area contributed by atoms with E-state index in [2.05, 4.69) is 5.32 Å². The predicted molar refractivity (Wildman–Crippen MR) is 129 cm³/mol. The SMILES string of the molecule is CC[C@H](C(=O)NC(C)C)N(Cc1ccc(OC)cc1)C(=O)CCCOc1ccc(OC)cc1. The molecule has 2 amide bonds. The molecule has 0 bridgehead atoms. The molecule has 0 spiro atoms. The minimum atomic E-state index is -0.537. The molecule has 33 heavy (non-hydrogen) atoms. The summed E-state index contributed by atoms with van der Waals surface area (Å²) in [5.41, 5.74) is 0.939. The third-order valence-electron chi connectivity index (χ3n) is 5.19. The van der Waals surface area contributed by atoms with E-state index < -0.39 is 6.04 Å². The highest BCUT2D eigenvalue weighted by atomic mass is 16.5. The van der Waals surface area contributed by atoms with Crippen molar-refractivity contribution in [3.63, 3.8) is 0 Å². The van der Waals surface area contributed by atoms with Crippen LogP contribution in [0.3, 0.4) is 0 Å². The number of ether oxygens (including phenoxy) is 3. The van der Waals surface area contributed by atoms with E-state index in [1.165, 1.54) is 0 Å². The van der Waals surface area contributed by atoms with E-state index in [1.54, 1.807) is 19.1 Å². The first-order valence-corrected chi connectivity index (χ1v) is 11.4. The van der Waals surface area contributed by atoms with Gasteiger partial charge in [0.15, 0.2) is 0 Å². The lowest BCUT2D eigenvalue weighted by molar-refractivity contribution is -0.141. The molecule has 180 valence electrons. The van der Waals surface area contributed by atoms with Gasteiger partial charge in [-0.2, -0.15) is 0 Å². The summed E-state index contributed by atoms with van der Waals surface area (Å²) >= 11 is 0. The molecule has 0 aromatic heterocycles. The molecule has 0 aliphatic carbocycles. The molecule has 0 aliphatic heterocycles. The van der Waals surface area contributed by atoms with Crippen LogP contribution in [0, 0.1) is 0 Å². The van der Waals surface area contributed by atoms with Gasteiger partial charge in [-0.1, -0.05) is 19.1 Å². The largest absolute Gasteiger partial charge is 0.497 e. The van der Waals surface area contributed by atoms with E-state index in [0.717, 1.165) is 22.8 Å². The first-order chi connectivity index (χ1) is 15.9. The maximum absolute atomic E-state index is 13.2. The van der Waals surface area contributed by atoms with E-state index in [-0.39, 0.29) is 24.3 Å². The van der Waals surface area contributed by atoms with Crippen LogP contribution in [0.15, 0.2) is 48.5 Å². The molecule has 2 aromatic carbocycles. The number of methoxy groups -OCH3 is 2. The van der Waals surface area contributed by atoms with Crippen LogP contribution in [0.4, 0.5) is 0 Å². The second-order valence-corrected chi connectivity index (χ2v) is 8.08. The Balaban J connectivity index is 2.04. The van der Waals surface area contributed by atoms with Crippen LogP contribution in [0.25, 0.3) is 0 Å². The number of nitrogens with zero attached hydrogens (tertiary/aromatic N) is 1. The van der Waals surface area contributed by atoms with Gasteiger partial charge in [-0.05, 0) is 68.7 Å². The molecule has 0 saturated carbocycles. The van der Waals surface area contributed by atoms with E-state index in [0.29, 0.717) is 26.0 Å². The fourth-order valence-corrected chi connectivity index (χ4v) is 3.46. The van der Waals surface area contributed by atoms with Gasteiger partial charge in [-0.15, -0.1) is 0 Å². The molecule has 0 heterocycles. The summed E-state index contributed by atoms with van der Waals surface area (Å²) in [5, 5.41) is 2.94. The van der Waals surface area contributed by atoms with Gasteiger partial charge in [0.25, 0.3) is 0 Å². The number of rotatable bonds is 13. The Bertz CT molecular complexity index is 865. The maximum Gasteiger partial charge on any atom is 0.243 e. The summed E-state index contributed by atoms with van der Waals surface area (Å²) in [6.45, 7) is 6.51. The van der Waals surface area contributed by atoms with Crippen molar-refractivity contribution in [1.29, 1.82) is 0 Å². The van der Waals surface area contributed by atoms with Crippen LogP contribution in [0.5, 0.6) is 17.2 Å². The number of amides is 2. The smallest absolute Gasteiger partial charge is 0.243 e. The van der Waals surface area contributed by atoms with Gasteiger partial charge in [0.1, 0.15) is 23.3 Å². The molecule has 0 aliphatic rings. The third-order valence-corrected chi connectivity index (χ3v) is 5.19. The van der Waals surface area contributed by atoms with Gasteiger partial charge in [0, 0.05) is 19.0 Å². The van der Waals surface area contributed by atoms with Crippen molar-refractivity contribution in [3.8, 4) is 17.2 Å². The minimum absolute atomic E-state index is 0.00221. The number of hydrogen-bond donors (Lipinski definition) is 1. The topological polar surface area (TPSA) is 77.1 Å². The van der Waals surface area contributed by atoms with Gasteiger partial charge < -0.3 is 24.4 Å². The van der Waals surface area contributed by atoms with Crippen LogP contribution >= 0.6 is 0 Å². The molecular formula is C26H36N2O5. The van der Waals surface area contributed by atoms with E-state index in [4.69, 9.17) is 14.2 Å². The van der Waals surface area contributed by atoms with Crippen LogP contribution in [0.1, 0.15) is 45.6 Å². The number of benzene rings is 2. The van der Waals surface area contributed by atoms with Crippen molar-refractivity contribution in [1.82, 2.24) is 10.2 Å². The Morgan fingerprint density at radius 1 is 0.909 bits per heavy atom. The highest BCUT2D eigenvalue weighted by Gasteiger charge is 2.28. The summed E-state index contributed by atoms with van der Waals surface area (Å²) < 4.78 is 16.1. The van der Waals surface area contributed by atoms with Crippen LogP contribution < -0.4 is 19.5 Å². The molecule has 7 heteroatoms. The lowest BCUT2D eigenvalue weighted by atomic mass is 10.1. The summed E-state index contributed by atoms with van der Waals surface area (Å²) in [6, 6.07) is 14.3. The molecule has 0 saturated heterocycles. The van der Waals surface area contributed by atoms with Gasteiger partial charge in [-0.3, -0.25) is 9.59 Å². The molecule has 2 aromatic rings. The molecule has 7 nitrogen and oxygen atoms in total. The van der Waals surface area contributed by atoms with Crippen LogP contribution in [0.2, 0.25) is 0 Å². The highest BCUT2D eigenvalue weighted by molar-refractivity contribution is 5.87. The van der Waals surface area contributed by atoms with Crippen molar-refractivity contribution < 1.29 is 23.8 Å². The van der Waals surface area contributed by atoms with E-state index in [9.17, 15) is 9.59 Å².